The summed E-state index contributed by atoms with van der Waals surface area (Å²) in [6, 6.07) is 3.90. The molecule has 0 radical (unpaired) electrons. The Kier molecular flexibility index (Phi) is 3.55. The maximum Gasteiger partial charge on any atom is 0.322 e. The molecule has 0 aliphatic carbocycles. The minimum Gasteiger partial charge on any atom is -0.480 e. The SMILES string of the molecule is Cc1ccc2c(CC(=O)NCC(=O)O)coc2c1C. The molecule has 0 saturated carbocycles. The van der Waals surface area contributed by atoms with E-state index in [0.29, 0.717) is 0 Å². The molecule has 1 aromatic heterocycles. The van der Waals surface area contributed by atoms with Crippen molar-refractivity contribution in [1.82, 2.24) is 5.32 Å². The van der Waals surface area contributed by atoms with Crippen molar-refractivity contribution in [1.29, 1.82) is 0 Å². The lowest BCUT2D eigenvalue weighted by Gasteiger charge is -2.02. The zero-order valence-corrected chi connectivity index (χ0v) is 10.8. The number of carboxylic acids is 1. The van der Waals surface area contributed by atoms with Gasteiger partial charge in [0.25, 0.3) is 0 Å². The molecule has 1 aromatic carbocycles. The van der Waals surface area contributed by atoms with Gasteiger partial charge in [0, 0.05) is 10.9 Å². The Bertz CT molecular complexity index is 642. The molecule has 100 valence electrons. The number of furan rings is 1. The number of carbonyl (C=O) groups excluding carboxylic acids is 1. The van der Waals surface area contributed by atoms with E-state index in [4.69, 9.17) is 9.52 Å². The van der Waals surface area contributed by atoms with Crippen molar-refractivity contribution in [3.63, 3.8) is 0 Å². The van der Waals surface area contributed by atoms with Crippen LogP contribution in [0.25, 0.3) is 11.0 Å². The van der Waals surface area contributed by atoms with E-state index in [1.807, 2.05) is 26.0 Å². The molecule has 1 amide bonds. The van der Waals surface area contributed by atoms with Crippen molar-refractivity contribution in [2.75, 3.05) is 6.54 Å². The van der Waals surface area contributed by atoms with Gasteiger partial charge in [-0.1, -0.05) is 12.1 Å². The smallest absolute Gasteiger partial charge is 0.322 e. The van der Waals surface area contributed by atoms with Crippen LogP contribution in [0.4, 0.5) is 0 Å². The van der Waals surface area contributed by atoms with Crippen LogP contribution in [0.15, 0.2) is 22.8 Å². The highest BCUT2D eigenvalue weighted by Gasteiger charge is 2.13. The molecule has 0 fully saturated rings. The third-order valence-corrected chi connectivity index (χ3v) is 3.13. The molecule has 5 heteroatoms. The Morgan fingerprint density at radius 1 is 1.32 bits per heavy atom. The summed E-state index contributed by atoms with van der Waals surface area (Å²) < 4.78 is 5.49. The van der Waals surface area contributed by atoms with Crippen LogP contribution < -0.4 is 5.32 Å². The van der Waals surface area contributed by atoms with E-state index < -0.39 is 5.97 Å². The van der Waals surface area contributed by atoms with Crippen LogP contribution >= 0.6 is 0 Å². The summed E-state index contributed by atoms with van der Waals surface area (Å²) in [5.74, 6) is -1.39. The maximum atomic E-state index is 11.6. The normalized spacial score (nSPS) is 10.6. The first kappa shape index (κ1) is 13.1. The highest BCUT2D eigenvalue weighted by molar-refractivity contribution is 5.90. The molecule has 0 unspecified atom stereocenters. The maximum absolute atomic E-state index is 11.6. The van der Waals surface area contributed by atoms with Crippen LogP contribution in [0.1, 0.15) is 16.7 Å². The third-order valence-electron chi connectivity index (χ3n) is 3.13. The number of aryl methyl sites for hydroxylation is 2. The van der Waals surface area contributed by atoms with E-state index in [-0.39, 0.29) is 18.9 Å². The van der Waals surface area contributed by atoms with Crippen LogP contribution in [-0.2, 0) is 16.0 Å². The fourth-order valence-electron chi connectivity index (χ4n) is 1.93. The van der Waals surface area contributed by atoms with Crippen LogP contribution in [0, 0.1) is 13.8 Å². The second kappa shape index (κ2) is 5.14. The average Bonchev–Trinajstić information content (AvgIpc) is 2.75. The molecule has 0 spiro atoms. The monoisotopic (exact) mass is 261 g/mol. The molecule has 1 heterocycles. The van der Waals surface area contributed by atoms with E-state index >= 15 is 0 Å². The minimum absolute atomic E-state index is 0.114. The second-order valence-corrected chi connectivity index (χ2v) is 4.49. The van der Waals surface area contributed by atoms with Crippen LogP contribution in [0.5, 0.6) is 0 Å². The van der Waals surface area contributed by atoms with Gasteiger partial charge in [-0.3, -0.25) is 9.59 Å². The summed E-state index contributed by atoms with van der Waals surface area (Å²) in [5.41, 5.74) is 3.72. The molecular formula is C14H15NO4. The number of aliphatic carboxylic acids is 1. The Morgan fingerprint density at radius 2 is 2.05 bits per heavy atom. The Balaban J connectivity index is 2.20. The zero-order valence-electron chi connectivity index (χ0n) is 10.8. The fourth-order valence-corrected chi connectivity index (χ4v) is 1.93. The molecule has 2 N–H and O–H groups in total. The van der Waals surface area contributed by atoms with Crippen molar-refractivity contribution in [3.8, 4) is 0 Å². The summed E-state index contributed by atoms with van der Waals surface area (Å²) in [6.07, 6.45) is 1.67. The summed E-state index contributed by atoms with van der Waals surface area (Å²) in [4.78, 5) is 22.0. The number of amides is 1. The second-order valence-electron chi connectivity index (χ2n) is 4.49. The Hall–Kier alpha value is -2.30. The number of hydrogen-bond donors (Lipinski definition) is 2. The highest BCUT2D eigenvalue weighted by Crippen LogP contribution is 2.26. The number of nitrogens with one attached hydrogen (secondary N) is 1. The van der Waals surface area contributed by atoms with Gasteiger partial charge in [0.15, 0.2) is 0 Å². The molecule has 19 heavy (non-hydrogen) atoms. The largest absolute Gasteiger partial charge is 0.480 e. The van der Waals surface area contributed by atoms with Crippen molar-refractivity contribution in [3.05, 3.63) is 35.1 Å². The van der Waals surface area contributed by atoms with Gasteiger partial charge in [0.05, 0.1) is 12.7 Å². The van der Waals surface area contributed by atoms with E-state index in [0.717, 1.165) is 27.7 Å². The van der Waals surface area contributed by atoms with E-state index in [9.17, 15) is 9.59 Å². The zero-order chi connectivity index (χ0) is 14.0. The minimum atomic E-state index is -1.06. The fraction of sp³-hybridized carbons (Fsp3) is 0.286. The molecule has 0 bridgehead atoms. The standard InChI is InChI=1S/C14H15NO4/c1-8-3-4-11-10(7-19-14(11)9(8)2)5-12(16)15-6-13(17)18/h3-4,7H,5-6H2,1-2H3,(H,15,16)(H,17,18). The number of fused-ring (bicyclic) bond motifs is 1. The molecule has 5 nitrogen and oxygen atoms in total. The summed E-state index contributed by atoms with van der Waals surface area (Å²) in [5, 5.41) is 11.7. The van der Waals surface area contributed by atoms with Crippen LogP contribution in [-0.4, -0.2) is 23.5 Å². The predicted molar refractivity (Wildman–Crippen MR) is 70.0 cm³/mol. The first-order chi connectivity index (χ1) is 8.99. The summed E-state index contributed by atoms with van der Waals surface area (Å²) in [7, 11) is 0. The third kappa shape index (κ3) is 2.76. The van der Waals surface area contributed by atoms with Crippen molar-refractivity contribution < 1.29 is 19.1 Å². The average molecular weight is 261 g/mol. The topological polar surface area (TPSA) is 79.5 Å². The van der Waals surface area contributed by atoms with Crippen molar-refractivity contribution in [2.45, 2.75) is 20.3 Å². The number of hydrogen-bond acceptors (Lipinski definition) is 3. The lowest BCUT2D eigenvalue weighted by atomic mass is 10.0. The molecule has 0 saturated heterocycles. The molecular weight excluding hydrogens is 246 g/mol. The van der Waals surface area contributed by atoms with Gasteiger partial charge < -0.3 is 14.8 Å². The first-order valence-corrected chi connectivity index (χ1v) is 5.94. The molecule has 0 aliphatic rings. The quantitative estimate of drug-likeness (QED) is 0.879. The van der Waals surface area contributed by atoms with Gasteiger partial charge in [0.1, 0.15) is 12.1 Å². The first-order valence-electron chi connectivity index (χ1n) is 5.94. The molecule has 2 aromatic rings. The number of rotatable bonds is 4. The molecule has 0 atom stereocenters. The lowest BCUT2D eigenvalue weighted by Crippen LogP contribution is -2.30. The van der Waals surface area contributed by atoms with Crippen molar-refractivity contribution >= 4 is 22.8 Å². The van der Waals surface area contributed by atoms with E-state index in [1.54, 1.807) is 6.26 Å². The number of benzene rings is 1. The summed E-state index contributed by atoms with van der Waals surface area (Å²) >= 11 is 0. The van der Waals surface area contributed by atoms with E-state index in [1.165, 1.54) is 0 Å². The highest BCUT2D eigenvalue weighted by atomic mass is 16.4. The Morgan fingerprint density at radius 3 is 2.74 bits per heavy atom. The number of carboxylic acid groups (broad SMARTS) is 1. The summed E-state index contributed by atoms with van der Waals surface area (Å²) in [6.45, 7) is 3.60. The van der Waals surface area contributed by atoms with Crippen LogP contribution in [0.3, 0.4) is 0 Å². The Labute approximate surface area is 110 Å². The van der Waals surface area contributed by atoms with Gasteiger partial charge in [0.2, 0.25) is 5.91 Å². The lowest BCUT2D eigenvalue weighted by molar-refractivity contribution is -0.137. The number of carbonyl (C=O) groups is 2. The predicted octanol–water partition coefficient (Wildman–Crippen LogP) is 1.79. The van der Waals surface area contributed by atoms with Crippen LogP contribution in [0.2, 0.25) is 0 Å². The molecule has 0 aliphatic heterocycles. The van der Waals surface area contributed by atoms with Gasteiger partial charge in [-0.15, -0.1) is 0 Å². The van der Waals surface area contributed by atoms with Gasteiger partial charge in [-0.2, -0.15) is 0 Å². The molecule has 2 rings (SSSR count). The van der Waals surface area contributed by atoms with E-state index in [2.05, 4.69) is 5.32 Å². The van der Waals surface area contributed by atoms with Gasteiger partial charge >= 0.3 is 5.97 Å². The van der Waals surface area contributed by atoms with Gasteiger partial charge in [-0.05, 0) is 25.0 Å². The van der Waals surface area contributed by atoms with Crippen molar-refractivity contribution in [2.24, 2.45) is 0 Å². The van der Waals surface area contributed by atoms with Gasteiger partial charge in [-0.25, -0.2) is 0 Å².